The number of halogens is 4. The number of anilines is 1. The number of carbonyl (C=O) groups is 1. The molecule has 4 nitrogen and oxygen atoms in total. The van der Waals surface area contributed by atoms with E-state index < -0.39 is 23.4 Å². The summed E-state index contributed by atoms with van der Waals surface area (Å²) in [5.74, 6) is -4.04. The molecule has 0 saturated heterocycles. The van der Waals surface area contributed by atoms with E-state index in [-0.39, 0.29) is 12.1 Å². The Morgan fingerprint density at radius 3 is 2.58 bits per heavy atom. The highest BCUT2D eigenvalue weighted by Crippen LogP contribution is 2.26. The molecule has 0 saturated carbocycles. The molecule has 0 heterocycles. The number of hydrazine groups is 1. The highest BCUT2D eigenvalue weighted by atomic mass is 79.9. The van der Waals surface area contributed by atoms with Crippen LogP contribution < -0.4 is 15.6 Å². The van der Waals surface area contributed by atoms with E-state index in [1.54, 1.807) is 13.2 Å². The molecule has 0 bridgehead atoms. The van der Waals surface area contributed by atoms with E-state index in [1.165, 1.54) is 0 Å². The Kier molecular flexibility index (Phi) is 6.08. The van der Waals surface area contributed by atoms with Gasteiger partial charge in [0.25, 0.3) is 0 Å². The van der Waals surface area contributed by atoms with Gasteiger partial charge in [-0.2, -0.15) is 0 Å². The average Bonchev–Trinajstić information content (AvgIpc) is 2.57. The predicted octanol–water partition coefficient (Wildman–Crippen LogP) is 3.95. The van der Waals surface area contributed by atoms with Crippen molar-refractivity contribution >= 4 is 27.5 Å². The molecule has 0 spiro atoms. The number of rotatable bonds is 6. The van der Waals surface area contributed by atoms with Gasteiger partial charge in [0.1, 0.15) is 5.75 Å². The minimum Gasteiger partial charge on any atom is -0.496 e. The first-order valence-electron chi connectivity index (χ1n) is 6.93. The number of benzene rings is 2. The minimum absolute atomic E-state index is 0.122. The molecule has 0 fully saturated rings. The molecule has 2 aromatic rings. The van der Waals surface area contributed by atoms with Gasteiger partial charge in [-0.25, -0.2) is 13.2 Å². The van der Waals surface area contributed by atoms with Crippen LogP contribution in [0.1, 0.15) is 12.0 Å². The predicted molar refractivity (Wildman–Crippen MR) is 87.1 cm³/mol. The summed E-state index contributed by atoms with van der Waals surface area (Å²) in [6, 6.07) is 7.18. The van der Waals surface area contributed by atoms with Crippen LogP contribution in [-0.4, -0.2) is 13.0 Å². The van der Waals surface area contributed by atoms with E-state index >= 15 is 0 Å². The van der Waals surface area contributed by atoms with E-state index in [9.17, 15) is 18.0 Å². The van der Waals surface area contributed by atoms with E-state index in [0.29, 0.717) is 12.2 Å². The molecule has 0 unspecified atom stereocenters. The second-order valence-corrected chi connectivity index (χ2v) is 5.72. The Hall–Kier alpha value is -2.22. The van der Waals surface area contributed by atoms with Gasteiger partial charge in [-0.15, -0.1) is 0 Å². The first kappa shape index (κ1) is 18.1. The number of hydrogen-bond acceptors (Lipinski definition) is 3. The Morgan fingerprint density at radius 1 is 1.17 bits per heavy atom. The Bertz CT molecular complexity index is 756. The van der Waals surface area contributed by atoms with Crippen LogP contribution in [0, 0.1) is 17.5 Å². The zero-order valence-corrected chi connectivity index (χ0v) is 14.2. The fourth-order valence-electron chi connectivity index (χ4n) is 1.95. The number of ether oxygens (including phenoxy) is 1. The first-order valence-corrected chi connectivity index (χ1v) is 7.72. The van der Waals surface area contributed by atoms with Crippen molar-refractivity contribution < 1.29 is 22.7 Å². The fraction of sp³-hybridized carbons (Fsp3) is 0.188. The molecule has 2 rings (SSSR count). The lowest BCUT2D eigenvalue weighted by Gasteiger charge is -2.10. The molecule has 0 aliphatic heterocycles. The second-order valence-electron chi connectivity index (χ2n) is 4.86. The standard InChI is InChI=1S/C16H14BrF3N2O2/c1-24-13-6-2-9(8-10(13)17)3-7-14(23)22-21-12-5-4-11(18)15(19)16(12)20/h2,4-6,8,21H,3,7H2,1H3,(H,22,23). The molecule has 8 heteroatoms. The summed E-state index contributed by atoms with van der Waals surface area (Å²) >= 11 is 3.35. The summed E-state index contributed by atoms with van der Waals surface area (Å²) in [6.07, 6.45) is 0.563. The van der Waals surface area contributed by atoms with Gasteiger partial charge < -0.3 is 4.74 Å². The molecule has 24 heavy (non-hydrogen) atoms. The summed E-state index contributed by atoms with van der Waals surface area (Å²) in [5, 5.41) is 0. The lowest BCUT2D eigenvalue weighted by molar-refractivity contribution is -0.120. The smallest absolute Gasteiger partial charge is 0.238 e. The minimum atomic E-state index is -1.60. The maximum Gasteiger partial charge on any atom is 0.238 e. The molecule has 0 atom stereocenters. The van der Waals surface area contributed by atoms with Crippen molar-refractivity contribution in [1.82, 2.24) is 5.43 Å². The third-order valence-electron chi connectivity index (χ3n) is 3.23. The van der Waals surface area contributed by atoms with Gasteiger partial charge in [0.05, 0.1) is 17.3 Å². The zero-order valence-electron chi connectivity index (χ0n) is 12.6. The quantitative estimate of drug-likeness (QED) is 0.568. The van der Waals surface area contributed by atoms with E-state index in [4.69, 9.17) is 4.74 Å². The SMILES string of the molecule is COc1ccc(CCC(=O)NNc2ccc(F)c(F)c2F)cc1Br. The summed E-state index contributed by atoms with van der Waals surface area (Å²) in [7, 11) is 1.55. The molecular weight excluding hydrogens is 389 g/mol. The Balaban J connectivity index is 1.88. The van der Waals surface area contributed by atoms with Gasteiger partial charge in [0, 0.05) is 6.42 Å². The zero-order chi connectivity index (χ0) is 17.7. The highest BCUT2D eigenvalue weighted by molar-refractivity contribution is 9.10. The largest absolute Gasteiger partial charge is 0.496 e. The second kappa shape index (κ2) is 8.05. The molecule has 1 amide bonds. The lowest BCUT2D eigenvalue weighted by Crippen LogP contribution is -2.30. The van der Waals surface area contributed by atoms with Crippen molar-refractivity contribution in [3.05, 3.63) is 57.8 Å². The van der Waals surface area contributed by atoms with Gasteiger partial charge in [-0.05, 0) is 52.2 Å². The van der Waals surface area contributed by atoms with Gasteiger partial charge in [0.15, 0.2) is 17.5 Å². The third-order valence-corrected chi connectivity index (χ3v) is 3.85. The number of hydrogen-bond donors (Lipinski definition) is 2. The molecule has 0 radical (unpaired) electrons. The molecule has 0 aliphatic rings. The van der Waals surface area contributed by atoms with Crippen molar-refractivity contribution in [3.63, 3.8) is 0 Å². The summed E-state index contributed by atoms with van der Waals surface area (Å²) < 4.78 is 45.2. The molecule has 0 aliphatic carbocycles. The van der Waals surface area contributed by atoms with E-state index in [2.05, 4.69) is 26.8 Å². The Labute approximate surface area is 145 Å². The monoisotopic (exact) mass is 402 g/mol. The van der Waals surface area contributed by atoms with Crippen LogP contribution in [0.25, 0.3) is 0 Å². The topological polar surface area (TPSA) is 50.4 Å². The van der Waals surface area contributed by atoms with Crippen molar-refractivity contribution in [1.29, 1.82) is 0 Å². The first-order chi connectivity index (χ1) is 11.4. The van der Waals surface area contributed by atoms with E-state index in [1.807, 2.05) is 12.1 Å². The number of nitrogens with one attached hydrogen (secondary N) is 2. The van der Waals surface area contributed by atoms with Gasteiger partial charge in [-0.3, -0.25) is 15.6 Å². The van der Waals surface area contributed by atoms with Crippen molar-refractivity contribution in [2.45, 2.75) is 12.8 Å². The van der Waals surface area contributed by atoms with Crippen LogP contribution in [0.3, 0.4) is 0 Å². The summed E-state index contributed by atoms with van der Waals surface area (Å²) in [5.41, 5.74) is 5.02. The van der Waals surface area contributed by atoms with Crippen LogP contribution in [0.4, 0.5) is 18.9 Å². The van der Waals surface area contributed by atoms with Crippen LogP contribution in [0.5, 0.6) is 5.75 Å². The van der Waals surface area contributed by atoms with Gasteiger partial charge in [0.2, 0.25) is 5.91 Å². The average molecular weight is 403 g/mol. The molecule has 0 aromatic heterocycles. The summed E-state index contributed by atoms with van der Waals surface area (Å²) in [6.45, 7) is 0. The van der Waals surface area contributed by atoms with Crippen LogP contribution in [0.15, 0.2) is 34.8 Å². The van der Waals surface area contributed by atoms with Crippen LogP contribution >= 0.6 is 15.9 Å². The third kappa shape index (κ3) is 4.41. The van der Waals surface area contributed by atoms with E-state index in [0.717, 1.165) is 22.2 Å². The lowest BCUT2D eigenvalue weighted by atomic mass is 10.1. The van der Waals surface area contributed by atoms with Crippen molar-refractivity contribution in [2.75, 3.05) is 12.5 Å². The normalized spacial score (nSPS) is 10.4. The fourth-order valence-corrected chi connectivity index (χ4v) is 2.53. The summed E-state index contributed by atoms with van der Waals surface area (Å²) in [4.78, 5) is 11.8. The maximum atomic E-state index is 13.4. The molecule has 128 valence electrons. The van der Waals surface area contributed by atoms with Crippen LogP contribution in [-0.2, 0) is 11.2 Å². The molecular formula is C16H14BrF3N2O2. The molecule has 2 aromatic carbocycles. The molecule has 2 N–H and O–H groups in total. The number of methoxy groups -OCH3 is 1. The number of aryl methyl sites for hydroxylation is 1. The van der Waals surface area contributed by atoms with Gasteiger partial charge >= 0.3 is 0 Å². The van der Waals surface area contributed by atoms with Crippen molar-refractivity contribution in [2.24, 2.45) is 0 Å². The van der Waals surface area contributed by atoms with Gasteiger partial charge in [-0.1, -0.05) is 6.07 Å². The number of carbonyl (C=O) groups excluding carboxylic acids is 1. The highest BCUT2D eigenvalue weighted by Gasteiger charge is 2.13. The van der Waals surface area contributed by atoms with Crippen LogP contribution in [0.2, 0.25) is 0 Å². The van der Waals surface area contributed by atoms with Crippen molar-refractivity contribution in [3.8, 4) is 5.75 Å². The Morgan fingerprint density at radius 2 is 1.92 bits per heavy atom. The maximum absolute atomic E-state index is 13.4. The number of amides is 1.